The van der Waals surface area contributed by atoms with E-state index in [-0.39, 0.29) is 29.3 Å². The fraction of sp³-hybridized carbons (Fsp3) is 0.259. The molecular formula is C27H25N5O4. The van der Waals surface area contributed by atoms with Gasteiger partial charge in [-0.05, 0) is 61.7 Å². The van der Waals surface area contributed by atoms with Crippen molar-refractivity contribution in [3.8, 4) is 6.07 Å². The number of aryl methyl sites for hydroxylation is 1. The molecule has 0 saturated carbocycles. The lowest BCUT2D eigenvalue weighted by molar-refractivity contribution is 0.0882. The molecule has 182 valence electrons. The Labute approximate surface area is 207 Å². The highest BCUT2D eigenvalue weighted by Gasteiger charge is 2.23. The number of carbonyl (C=O) groups is 2. The van der Waals surface area contributed by atoms with Crippen molar-refractivity contribution in [1.29, 1.82) is 5.26 Å². The summed E-state index contributed by atoms with van der Waals surface area (Å²) >= 11 is 0. The van der Waals surface area contributed by atoms with Gasteiger partial charge in [0.05, 0.1) is 11.6 Å². The van der Waals surface area contributed by atoms with Crippen molar-refractivity contribution in [3.63, 3.8) is 0 Å². The van der Waals surface area contributed by atoms with Crippen LogP contribution in [-0.2, 0) is 6.54 Å². The largest absolute Gasteiger partial charge is 0.451 e. The molecule has 9 nitrogen and oxygen atoms in total. The molecule has 0 radical (unpaired) electrons. The molecule has 36 heavy (non-hydrogen) atoms. The first kappa shape index (κ1) is 23.3. The zero-order chi connectivity index (χ0) is 25.1. The van der Waals surface area contributed by atoms with Crippen molar-refractivity contribution < 1.29 is 18.5 Å². The maximum atomic E-state index is 12.8. The van der Waals surface area contributed by atoms with Crippen LogP contribution >= 0.6 is 0 Å². The number of carbonyl (C=O) groups excluding carboxylic acids is 2. The van der Waals surface area contributed by atoms with E-state index in [2.05, 4.69) is 26.8 Å². The lowest BCUT2D eigenvalue weighted by Crippen LogP contribution is -2.44. The van der Waals surface area contributed by atoms with E-state index in [1.807, 2.05) is 24.3 Å². The summed E-state index contributed by atoms with van der Waals surface area (Å²) in [7, 11) is 0. The molecule has 3 heterocycles. The number of aromatic nitrogens is 1. The van der Waals surface area contributed by atoms with E-state index in [4.69, 9.17) is 14.2 Å². The number of amides is 2. The molecule has 2 N–H and O–H groups in total. The number of hydrogen-bond donors (Lipinski definition) is 2. The number of nitriles is 1. The van der Waals surface area contributed by atoms with Crippen LogP contribution in [0.2, 0.25) is 0 Å². The molecule has 0 unspecified atom stereocenters. The molecule has 5 rings (SSSR count). The number of piperidine rings is 1. The number of nitrogens with zero attached hydrogens (tertiary/aromatic N) is 3. The first-order valence-electron chi connectivity index (χ1n) is 11.8. The number of rotatable bonds is 6. The monoisotopic (exact) mass is 483 g/mol. The number of hydrogen-bond acceptors (Lipinski definition) is 7. The number of furan rings is 1. The predicted molar refractivity (Wildman–Crippen MR) is 132 cm³/mol. The molecule has 2 aromatic carbocycles. The molecule has 0 aliphatic carbocycles. The second-order valence-corrected chi connectivity index (χ2v) is 8.97. The van der Waals surface area contributed by atoms with Gasteiger partial charge in [0, 0.05) is 42.8 Å². The van der Waals surface area contributed by atoms with E-state index in [0.717, 1.165) is 32.5 Å². The predicted octanol–water partition coefficient (Wildman–Crippen LogP) is 4.25. The Morgan fingerprint density at radius 2 is 1.86 bits per heavy atom. The SMILES string of the molecule is Cc1cc(C(=O)Nc2ccc3oc(C(=O)NC4CCN(Cc5ccc(C#N)cc5)CC4)cc3c2)no1. The van der Waals surface area contributed by atoms with E-state index in [1.54, 1.807) is 37.3 Å². The normalized spacial score (nSPS) is 14.4. The molecule has 1 aliphatic rings. The number of likely N-dealkylation sites (tertiary alicyclic amines) is 1. The molecule has 9 heteroatoms. The average molecular weight is 484 g/mol. The van der Waals surface area contributed by atoms with Crippen LogP contribution in [0.15, 0.2) is 63.5 Å². The lowest BCUT2D eigenvalue weighted by atomic mass is 10.0. The topological polar surface area (TPSA) is 124 Å². The molecule has 2 aromatic heterocycles. The fourth-order valence-corrected chi connectivity index (χ4v) is 4.34. The van der Waals surface area contributed by atoms with Crippen LogP contribution in [0.1, 0.15) is 50.8 Å². The van der Waals surface area contributed by atoms with Gasteiger partial charge in [0.2, 0.25) is 0 Å². The lowest BCUT2D eigenvalue weighted by Gasteiger charge is -2.32. The Morgan fingerprint density at radius 1 is 1.08 bits per heavy atom. The van der Waals surface area contributed by atoms with Crippen LogP contribution in [0.4, 0.5) is 5.69 Å². The van der Waals surface area contributed by atoms with Gasteiger partial charge in [-0.2, -0.15) is 5.26 Å². The number of fused-ring (bicyclic) bond motifs is 1. The molecule has 2 amide bonds. The summed E-state index contributed by atoms with van der Waals surface area (Å²) in [5.41, 5.74) is 3.16. The van der Waals surface area contributed by atoms with Crippen LogP contribution < -0.4 is 10.6 Å². The molecule has 1 saturated heterocycles. The smallest absolute Gasteiger partial charge is 0.287 e. The van der Waals surface area contributed by atoms with E-state index in [1.165, 1.54) is 5.56 Å². The van der Waals surface area contributed by atoms with Crippen molar-refractivity contribution in [2.75, 3.05) is 18.4 Å². The Morgan fingerprint density at radius 3 is 2.56 bits per heavy atom. The third-order valence-electron chi connectivity index (χ3n) is 6.27. The minimum Gasteiger partial charge on any atom is -0.451 e. The molecule has 0 spiro atoms. The van der Waals surface area contributed by atoms with E-state index in [0.29, 0.717) is 28.0 Å². The Bertz CT molecular complexity index is 1440. The van der Waals surface area contributed by atoms with Crippen LogP contribution in [0, 0.1) is 18.3 Å². The molecule has 0 bridgehead atoms. The minimum atomic E-state index is -0.377. The van der Waals surface area contributed by atoms with Crippen molar-refractivity contribution in [2.45, 2.75) is 32.4 Å². The van der Waals surface area contributed by atoms with Crippen LogP contribution in [0.3, 0.4) is 0 Å². The summed E-state index contributed by atoms with van der Waals surface area (Å²) in [6.07, 6.45) is 1.69. The minimum absolute atomic E-state index is 0.0729. The van der Waals surface area contributed by atoms with Crippen molar-refractivity contribution in [1.82, 2.24) is 15.4 Å². The molecule has 1 fully saturated rings. The van der Waals surface area contributed by atoms with Gasteiger partial charge in [0.1, 0.15) is 11.3 Å². The molecular weight excluding hydrogens is 458 g/mol. The summed E-state index contributed by atoms with van der Waals surface area (Å²) < 4.78 is 10.7. The van der Waals surface area contributed by atoms with Crippen LogP contribution in [0.5, 0.6) is 0 Å². The third-order valence-corrected chi connectivity index (χ3v) is 6.27. The van der Waals surface area contributed by atoms with Gasteiger partial charge in [0.15, 0.2) is 11.5 Å². The van der Waals surface area contributed by atoms with Gasteiger partial charge in [-0.3, -0.25) is 14.5 Å². The van der Waals surface area contributed by atoms with Gasteiger partial charge < -0.3 is 19.6 Å². The molecule has 1 aliphatic heterocycles. The highest BCUT2D eigenvalue weighted by molar-refractivity contribution is 6.04. The van der Waals surface area contributed by atoms with Crippen LogP contribution in [-0.4, -0.2) is 41.0 Å². The molecule has 4 aromatic rings. The summed E-state index contributed by atoms with van der Waals surface area (Å²) in [5, 5.41) is 19.2. The first-order valence-corrected chi connectivity index (χ1v) is 11.8. The Hall–Kier alpha value is -4.42. The zero-order valence-electron chi connectivity index (χ0n) is 19.8. The standard InChI is InChI=1S/C27H25N5O4/c1-17-12-23(31-36-17)26(33)30-22-6-7-24-20(13-22)14-25(35-24)27(34)29-21-8-10-32(11-9-21)16-19-4-2-18(15-28)3-5-19/h2-7,12-14,21H,8-11,16H2,1H3,(H,29,34)(H,30,33). The Kier molecular flexibility index (Phi) is 6.52. The molecule has 0 atom stereocenters. The maximum absolute atomic E-state index is 12.8. The van der Waals surface area contributed by atoms with Crippen molar-refractivity contribution >= 4 is 28.5 Å². The summed E-state index contributed by atoms with van der Waals surface area (Å²) in [6.45, 7) is 4.29. The second kappa shape index (κ2) is 10.1. The third kappa shape index (κ3) is 5.29. The van der Waals surface area contributed by atoms with Crippen molar-refractivity contribution in [3.05, 3.63) is 82.9 Å². The van der Waals surface area contributed by atoms with E-state index in [9.17, 15) is 9.59 Å². The van der Waals surface area contributed by atoms with Gasteiger partial charge >= 0.3 is 0 Å². The number of nitrogens with one attached hydrogen (secondary N) is 2. The van der Waals surface area contributed by atoms with Crippen LogP contribution in [0.25, 0.3) is 11.0 Å². The number of benzene rings is 2. The van der Waals surface area contributed by atoms with E-state index < -0.39 is 0 Å². The fourth-order valence-electron chi connectivity index (χ4n) is 4.34. The van der Waals surface area contributed by atoms with E-state index >= 15 is 0 Å². The van der Waals surface area contributed by atoms with Gasteiger partial charge in [0.25, 0.3) is 11.8 Å². The van der Waals surface area contributed by atoms with Gasteiger partial charge in [-0.1, -0.05) is 17.3 Å². The first-order chi connectivity index (χ1) is 17.5. The summed E-state index contributed by atoms with van der Waals surface area (Å²) in [6, 6.07) is 18.3. The maximum Gasteiger partial charge on any atom is 0.287 e. The Balaban J connectivity index is 1.15. The summed E-state index contributed by atoms with van der Waals surface area (Å²) in [5.74, 6) is 0.164. The van der Waals surface area contributed by atoms with Gasteiger partial charge in [-0.15, -0.1) is 0 Å². The quantitative estimate of drug-likeness (QED) is 0.420. The summed E-state index contributed by atoms with van der Waals surface area (Å²) in [4.78, 5) is 27.5. The highest BCUT2D eigenvalue weighted by Crippen LogP contribution is 2.24. The highest BCUT2D eigenvalue weighted by atomic mass is 16.5. The van der Waals surface area contributed by atoms with Crippen molar-refractivity contribution in [2.24, 2.45) is 0 Å². The average Bonchev–Trinajstić information content (AvgIpc) is 3.52. The van der Waals surface area contributed by atoms with Gasteiger partial charge in [-0.25, -0.2) is 0 Å². The zero-order valence-corrected chi connectivity index (χ0v) is 19.8. The number of anilines is 1. The second-order valence-electron chi connectivity index (χ2n) is 8.97.